The fraction of sp³-hybridized carbons (Fsp3) is 0.682. The zero-order chi connectivity index (χ0) is 21.0. The lowest BCUT2D eigenvalue weighted by molar-refractivity contribution is 0.126. The minimum Gasteiger partial charge on any atom is -0.493 e. The predicted molar refractivity (Wildman–Crippen MR) is 111 cm³/mol. The van der Waals surface area contributed by atoms with Gasteiger partial charge in [0.2, 0.25) is 0 Å². The number of hydrogen-bond donors (Lipinski definition) is 0. The second-order valence-electron chi connectivity index (χ2n) is 8.34. The van der Waals surface area contributed by atoms with Gasteiger partial charge in [-0.1, -0.05) is 13.0 Å². The van der Waals surface area contributed by atoms with E-state index in [4.69, 9.17) is 14.2 Å². The van der Waals surface area contributed by atoms with Crippen molar-refractivity contribution in [1.29, 1.82) is 0 Å². The van der Waals surface area contributed by atoms with Gasteiger partial charge in [0.25, 0.3) is 0 Å². The fourth-order valence-corrected chi connectivity index (χ4v) is 4.69. The zero-order valence-electron chi connectivity index (χ0n) is 18.2. The Bertz CT molecular complexity index is 748. The molecule has 0 radical (unpaired) electrons. The molecule has 3 rings (SSSR count). The maximum absolute atomic E-state index is 12.3. The Labute approximate surface area is 173 Å². The van der Waals surface area contributed by atoms with E-state index in [2.05, 4.69) is 36.2 Å². The molecule has 1 aliphatic carbocycles. The van der Waals surface area contributed by atoms with Crippen LogP contribution < -0.4 is 9.47 Å². The number of carbonyl (C=O) groups excluding carboxylic acids is 1. The molecule has 0 aromatic heterocycles. The summed E-state index contributed by atoms with van der Waals surface area (Å²) in [5, 5.41) is 8.41. The summed E-state index contributed by atoms with van der Waals surface area (Å²) in [7, 11) is 4.77. The smallest absolute Gasteiger partial charge is 0.409 e. The van der Waals surface area contributed by atoms with Crippen LogP contribution in [0.5, 0.6) is 11.5 Å². The Morgan fingerprint density at radius 1 is 1.24 bits per heavy atom. The van der Waals surface area contributed by atoms with Crippen LogP contribution in [0.2, 0.25) is 0 Å². The van der Waals surface area contributed by atoms with Crippen molar-refractivity contribution < 1.29 is 19.0 Å². The largest absolute Gasteiger partial charge is 0.493 e. The normalized spacial score (nSPS) is 26.1. The van der Waals surface area contributed by atoms with E-state index in [9.17, 15) is 4.79 Å². The molecule has 0 spiro atoms. The van der Waals surface area contributed by atoms with Crippen LogP contribution in [0.25, 0.3) is 0 Å². The topological polar surface area (TPSA) is 72.7 Å². The van der Waals surface area contributed by atoms with Crippen LogP contribution in [0.3, 0.4) is 0 Å². The first-order chi connectivity index (χ1) is 13.9. The highest BCUT2D eigenvalue weighted by atomic mass is 16.5. The Kier molecular flexibility index (Phi) is 6.65. The van der Waals surface area contributed by atoms with Crippen molar-refractivity contribution in [3.05, 3.63) is 23.8 Å². The van der Waals surface area contributed by atoms with Gasteiger partial charge in [-0.3, -0.25) is 0 Å². The van der Waals surface area contributed by atoms with Gasteiger partial charge < -0.3 is 19.1 Å². The van der Waals surface area contributed by atoms with Gasteiger partial charge in [-0.05, 0) is 50.3 Å². The molecule has 2 unspecified atom stereocenters. The molecule has 0 N–H and O–H groups in total. The molecule has 1 saturated carbocycles. The molecular weight excluding hydrogens is 370 g/mol. The summed E-state index contributed by atoms with van der Waals surface area (Å²) >= 11 is 0. The molecule has 29 heavy (non-hydrogen) atoms. The third-order valence-electron chi connectivity index (χ3n) is 6.59. The number of methoxy groups -OCH3 is 2. The summed E-state index contributed by atoms with van der Waals surface area (Å²) in [5.41, 5.74) is 0.846. The Hall–Kier alpha value is -2.31. The monoisotopic (exact) mass is 403 g/mol. The molecule has 0 bridgehead atoms. The van der Waals surface area contributed by atoms with E-state index in [-0.39, 0.29) is 29.6 Å². The molecule has 7 nitrogen and oxygen atoms in total. The SMILES string of the molecule is CN=NC(C)[C@]1(C)CN(C(=O)OC)CC1c1ccc(OC)c(OC2CCCC2)c1. The second kappa shape index (κ2) is 9.01. The molecular formula is C22H33N3O4. The van der Waals surface area contributed by atoms with Gasteiger partial charge >= 0.3 is 6.09 Å². The van der Waals surface area contributed by atoms with Crippen LogP contribution in [0, 0.1) is 5.41 Å². The van der Waals surface area contributed by atoms with Crippen LogP contribution in [0.1, 0.15) is 51.0 Å². The van der Waals surface area contributed by atoms with Crippen molar-refractivity contribution in [2.75, 3.05) is 34.4 Å². The number of benzene rings is 1. The van der Waals surface area contributed by atoms with Crippen LogP contribution >= 0.6 is 0 Å². The van der Waals surface area contributed by atoms with Crippen molar-refractivity contribution in [1.82, 2.24) is 4.90 Å². The van der Waals surface area contributed by atoms with Gasteiger partial charge in [0.05, 0.1) is 26.4 Å². The predicted octanol–water partition coefficient (Wildman–Crippen LogP) is 4.66. The van der Waals surface area contributed by atoms with Gasteiger partial charge in [-0.15, -0.1) is 0 Å². The van der Waals surface area contributed by atoms with E-state index in [1.165, 1.54) is 20.0 Å². The summed E-state index contributed by atoms with van der Waals surface area (Å²) in [6, 6.07) is 6.07. The van der Waals surface area contributed by atoms with E-state index in [1.807, 2.05) is 6.07 Å². The van der Waals surface area contributed by atoms with E-state index in [0.29, 0.717) is 13.1 Å². The Morgan fingerprint density at radius 3 is 2.59 bits per heavy atom. The van der Waals surface area contributed by atoms with Gasteiger partial charge in [0.15, 0.2) is 11.5 Å². The second-order valence-corrected chi connectivity index (χ2v) is 8.34. The third kappa shape index (κ3) is 4.33. The number of azo groups is 1. The number of ether oxygens (including phenoxy) is 3. The van der Waals surface area contributed by atoms with Crippen LogP contribution in [0.15, 0.2) is 28.4 Å². The summed E-state index contributed by atoms with van der Waals surface area (Å²) in [6.07, 6.45) is 4.52. The number of nitrogens with zero attached hydrogens (tertiary/aromatic N) is 3. The van der Waals surface area contributed by atoms with Crippen LogP contribution in [-0.4, -0.2) is 57.5 Å². The minimum atomic E-state index is -0.310. The average molecular weight is 404 g/mol. The highest BCUT2D eigenvalue weighted by molar-refractivity contribution is 5.68. The Morgan fingerprint density at radius 2 is 1.97 bits per heavy atom. The molecule has 7 heteroatoms. The van der Waals surface area contributed by atoms with Crippen LogP contribution in [-0.2, 0) is 4.74 Å². The molecule has 1 saturated heterocycles. The molecule has 160 valence electrons. The molecule has 2 fully saturated rings. The lowest BCUT2D eigenvalue weighted by Crippen LogP contribution is -2.37. The quantitative estimate of drug-likeness (QED) is 0.648. The summed E-state index contributed by atoms with van der Waals surface area (Å²) in [6.45, 7) is 5.36. The zero-order valence-corrected chi connectivity index (χ0v) is 18.2. The van der Waals surface area contributed by atoms with E-state index in [0.717, 1.165) is 29.9 Å². The summed E-state index contributed by atoms with van der Waals surface area (Å²) in [5.74, 6) is 1.60. The summed E-state index contributed by atoms with van der Waals surface area (Å²) in [4.78, 5) is 14.0. The molecule has 1 aromatic carbocycles. The van der Waals surface area contributed by atoms with Gasteiger partial charge in [-0.2, -0.15) is 10.2 Å². The number of likely N-dealkylation sites (tertiary alicyclic amines) is 1. The lowest BCUT2D eigenvalue weighted by atomic mass is 9.71. The number of hydrogen-bond acceptors (Lipinski definition) is 6. The van der Waals surface area contributed by atoms with Crippen molar-refractivity contribution in [3.63, 3.8) is 0 Å². The van der Waals surface area contributed by atoms with Gasteiger partial charge in [-0.25, -0.2) is 4.79 Å². The molecule has 1 heterocycles. The van der Waals surface area contributed by atoms with Crippen molar-refractivity contribution in [2.45, 2.75) is 57.6 Å². The first-order valence-corrected chi connectivity index (χ1v) is 10.4. The van der Waals surface area contributed by atoms with Crippen LogP contribution in [0.4, 0.5) is 4.79 Å². The van der Waals surface area contributed by atoms with Crippen molar-refractivity contribution in [2.24, 2.45) is 15.6 Å². The first-order valence-electron chi connectivity index (χ1n) is 10.4. The number of rotatable bonds is 6. The molecule has 2 aliphatic rings. The fourth-order valence-electron chi connectivity index (χ4n) is 4.69. The molecule has 1 aliphatic heterocycles. The van der Waals surface area contributed by atoms with Crippen molar-refractivity contribution in [3.8, 4) is 11.5 Å². The number of carbonyl (C=O) groups is 1. The van der Waals surface area contributed by atoms with E-state index >= 15 is 0 Å². The van der Waals surface area contributed by atoms with Gasteiger partial charge in [0.1, 0.15) is 0 Å². The molecule has 1 aromatic rings. The first kappa shape index (κ1) is 21.4. The van der Waals surface area contributed by atoms with E-state index in [1.54, 1.807) is 19.1 Å². The third-order valence-corrected chi connectivity index (χ3v) is 6.59. The average Bonchev–Trinajstić information content (AvgIpc) is 3.36. The Balaban J connectivity index is 1.95. The molecule has 3 atom stereocenters. The highest BCUT2D eigenvalue weighted by Gasteiger charge is 2.49. The summed E-state index contributed by atoms with van der Waals surface area (Å²) < 4.78 is 16.8. The highest BCUT2D eigenvalue weighted by Crippen LogP contribution is 2.48. The maximum Gasteiger partial charge on any atom is 0.409 e. The maximum atomic E-state index is 12.3. The number of amides is 1. The standard InChI is InChI=1S/C22H33N3O4/c1-15(24-23-3)22(2)14-25(21(26)28-5)13-18(22)16-10-11-19(27-4)20(12-16)29-17-8-6-7-9-17/h10-12,15,17-18H,6-9,13-14H2,1-5H3/t15?,18?,22-/m0/s1. The van der Waals surface area contributed by atoms with E-state index < -0.39 is 0 Å². The van der Waals surface area contributed by atoms with Crippen molar-refractivity contribution >= 4 is 6.09 Å². The molecule has 1 amide bonds. The lowest BCUT2D eigenvalue weighted by Gasteiger charge is -2.34. The minimum absolute atomic E-state index is 0.0477. The van der Waals surface area contributed by atoms with Gasteiger partial charge in [0, 0.05) is 31.5 Å².